The predicted molar refractivity (Wildman–Crippen MR) is 102 cm³/mol. The Bertz CT molecular complexity index is 987. The van der Waals surface area contributed by atoms with Crippen LogP contribution >= 0.6 is 23.4 Å². The fourth-order valence-corrected chi connectivity index (χ4v) is 3.19. The van der Waals surface area contributed by atoms with Gasteiger partial charge in [0.15, 0.2) is 5.03 Å². The van der Waals surface area contributed by atoms with E-state index in [4.69, 9.17) is 11.6 Å². The van der Waals surface area contributed by atoms with Gasteiger partial charge < -0.3 is 0 Å². The van der Waals surface area contributed by atoms with Crippen LogP contribution in [0.3, 0.4) is 0 Å². The van der Waals surface area contributed by atoms with Gasteiger partial charge in [0.25, 0.3) is 5.91 Å². The van der Waals surface area contributed by atoms with Crippen LogP contribution in [0.5, 0.6) is 0 Å². The number of carbonyl (C=O) groups excluding carboxylic acids is 1. The summed E-state index contributed by atoms with van der Waals surface area (Å²) in [5.74, 6) is -0.633. The smallest absolute Gasteiger partial charge is 0.276 e. The number of benzene rings is 2. The van der Waals surface area contributed by atoms with E-state index in [0.717, 1.165) is 16.7 Å². The van der Waals surface area contributed by atoms with Crippen LogP contribution in [0.1, 0.15) is 10.4 Å². The molecular weight excluding hydrogens is 390 g/mol. The molecular formula is C17H12ClN5O3S. The molecule has 0 bridgehead atoms. The molecule has 0 aliphatic carbocycles. The summed E-state index contributed by atoms with van der Waals surface area (Å²) in [6, 6.07) is 15.4. The maximum absolute atomic E-state index is 12.2. The van der Waals surface area contributed by atoms with Crippen LogP contribution in [-0.2, 0) is 0 Å². The Kier molecular flexibility index (Phi) is 5.84. The van der Waals surface area contributed by atoms with Crippen LogP contribution in [0.2, 0.25) is 5.02 Å². The first-order valence-electron chi connectivity index (χ1n) is 7.59. The standard InChI is InChI=1S/C17H12ClN5O3S/c18-12-6-4-5-11(9-12)16(24)22-21-15-14(23(25)26)17(20-10-19-15)27-13-7-2-1-3-8-13/h1-10H,(H,22,24)(H,19,20,21). The Hall–Kier alpha value is -3.17. The molecule has 0 unspecified atom stereocenters. The fourth-order valence-electron chi connectivity index (χ4n) is 2.11. The Balaban J connectivity index is 1.82. The number of anilines is 1. The van der Waals surface area contributed by atoms with Crippen LogP contribution in [0.4, 0.5) is 11.5 Å². The summed E-state index contributed by atoms with van der Waals surface area (Å²) in [5.41, 5.74) is 4.83. The van der Waals surface area contributed by atoms with Crippen molar-refractivity contribution >= 4 is 40.8 Å². The minimum Gasteiger partial charge on any atom is -0.276 e. The van der Waals surface area contributed by atoms with Gasteiger partial charge >= 0.3 is 5.69 Å². The van der Waals surface area contributed by atoms with Crippen LogP contribution in [0, 0.1) is 10.1 Å². The van der Waals surface area contributed by atoms with Crippen LogP contribution < -0.4 is 10.9 Å². The highest BCUT2D eigenvalue weighted by molar-refractivity contribution is 7.99. The van der Waals surface area contributed by atoms with Crippen LogP contribution in [0.25, 0.3) is 0 Å². The average Bonchev–Trinajstić information content (AvgIpc) is 2.66. The lowest BCUT2D eigenvalue weighted by atomic mass is 10.2. The summed E-state index contributed by atoms with van der Waals surface area (Å²) in [6.45, 7) is 0. The second-order valence-corrected chi connectivity index (χ2v) is 6.64. The van der Waals surface area contributed by atoms with Gasteiger partial charge in [-0.05, 0) is 30.3 Å². The summed E-state index contributed by atoms with van der Waals surface area (Å²) in [7, 11) is 0. The summed E-state index contributed by atoms with van der Waals surface area (Å²) < 4.78 is 0. The number of nitrogens with one attached hydrogen (secondary N) is 2. The van der Waals surface area contributed by atoms with Gasteiger partial charge in [0, 0.05) is 15.5 Å². The van der Waals surface area contributed by atoms with Gasteiger partial charge in [-0.1, -0.05) is 47.6 Å². The lowest BCUT2D eigenvalue weighted by molar-refractivity contribution is -0.387. The van der Waals surface area contributed by atoms with Crippen molar-refractivity contribution in [3.05, 3.63) is 81.6 Å². The molecule has 2 N–H and O–H groups in total. The molecule has 0 radical (unpaired) electrons. The van der Waals surface area contributed by atoms with Gasteiger partial charge in [-0.2, -0.15) is 0 Å². The molecule has 2 aromatic carbocycles. The summed E-state index contributed by atoms with van der Waals surface area (Å²) in [6.07, 6.45) is 1.19. The molecule has 0 aliphatic heterocycles. The highest BCUT2D eigenvalue weighted by Gasteiger charge is 2.24. The van der Waals surface area contributed by atoms with E-state index in [1.165, 1.54) is 12.4 Å². The monoisotopic (exact) mass is 401 g/mol. The first-order chi connectivity index (χ1) is 13.0. The highest BCUT2D eigenvalue weighted by Crippen LogP contribution is 2.36. The van der Waals surface area contributed by atoms with Gasteiger partial charge in [-0.3, -0.25) is 25.8 Å². The first kappa shape index (κ1) is 18.6. The maximum atomic E-state index is 12.2. The van der Waals surface area contributed by atoms with Gasteiger partial charge in [-0.25, -0.2) is 9.97 Å². The number of hydrazine groups is 1. The van der Waals surface area contributed by atoms with E-state index >= 15 is 0 Å². The molecule has 0 fully saturated rings. The number of rotatable bonds is 6. The third-order valence-electron chi connectivity index (χ3n) is 3.31. The zero-order valence-electron chi connectivity index (χ0n) is 13.6. The molecule has 0 saturated heterocycles. The molecule has 10 heteroatoms. The zero-order valence-corrected chi connectivity index (χ0v) is 15.2. The Morgan fingerprint density at radius 3 is 2.59 bits per heavy atom. The molecule has 3 rings (SSSR count). The molecule has 0 atom stereocenters. The van der Waals surface area contributed by atoms with E-state index in [-0.39, 0.29) is 16.5 Å². The largest absolute Gasteiger partial charge is 0.345 e. The minimum absolute atomic E-state index is 0.121. The second kappa shape index (κ2) is 8.47. The third-order valence-corrected chi connectivity index (χ3v) is 4.55. The Labute approximate surface area is 163 Å². The molecule has 27 heavy (non-hydrogen) atoms. The zero-order chi connectivity index (χ0) is 19.2. The molecule has 1 aromatic heterocycles. The molecule has 0 saturated carbocycles. The molecule has 8 nitrogen and oxygen atoms in total. The van der Waals surface area contributed by atoms with Crippen LogP contribution in [0.15, 0.2) is 70.8 Å². The topological polar surface area (TPSA) is 110 Å². The first-order valence-corrected chi connectivity index (χ1v) is 8.78. The van der Waals surface area contributed by atoms with E-state index in [0.29, 0.717) is 10.6 Å². The second-order valence-electron chi connectivity index (χ2n) is 5.14. The van der Waals surface area contributed by atoms with E-state index in [1.54, 1.807) is 18.2 Å². The quantitative estimate of drug-likeness (QED) is 0.365. The van der Waals surface area contributed by atoms with Gasteiger partial charge in [0.1, 0.15) is 6.33 Å². The fraction of sp³-hybridized carbons (Fsp3) is 0. The lowest BCUT2D eigenvalue weighted by Crippen LogP contribution is -2.30. The van der Waals surface area contributed by atoms with Crippen LogP contribution in [-0.4, -0.2) is 20.8 Å². The van der Waals surface area contributed by atoms with E-state index in [2.05, 4.69) is 20.8 Å². The lowest BCUT2D eigenvalue weighted by Gasteiger charge is -2.10. The normalized spacial score (nSPS) is 10.3. The molecule has 136 valence electrons. The summed E-state index contributed by atoms with van der Waals surface area (Å²) >= 11 is 6.98. The third kappa shape index (κ3) is 4.72. The maximum Gasteiger partial charge on any atom is 0.345 e. The summed E-state index contributed by atoms with van der Waals surface area (Å²) in [4.78, 5) is 31.8. The Morgan fingerprint density at radius 2 is 1.89 bits per heavy atom. The van der Waals surface area contributed by atoms with Crippen molar-refractivity contribution in [3.8, 4) is 0 Å². The molecule has 0 spiro atoms. The van der Waals surface area contributed by atoms with Crippen molar-refractivity contribution < 1.29 is 9.72 Å². The van der Waals surface area contributed by atoms with Gasteiger partial charge in [0.05, 0.1) is 4.92 Å². The minimum atomic E-state index is -0.598. The van der Waals surface area contributed by atoms with Crippen molar-refractivity contribution in [3.63, 3.8) is 0 Å². The van der Waals surface area contributed by atoms with Crippen molar-refractivity contribution in [1.29, 1.82) is 0 Å². The van der Waals surface area contributed by atoms with Crippen molar-refractivity contribution in [1.82, 2.24) is 15.4 Å². The number of amides is 1. The number of nitro groups is 1. The van der Waals surface area contributed by atoms with Gasteiger partial charge in [-0.15, -0.1) is 0 Å². The molecule has 0 aliphatic rings. The van der Waals surface area contributed by atoms with Gasteiger partial charge in [0.2, 0.25) is 5.82 Å². The van der Waals surface area contributed by atoms with Crippen molar-refractivity contribution in [2.75, 3.05) is 5.43 Å². The number of carbonyl (C=O) groups is 1. The van der Waals surface area contributed by atoms with Crippen molar-refractivity contribution in [2.45, 2.75) is 9.92 Å². The average molecular weight is 402 g/mol. The number of halogens is 1. The highest BCUT2D eigenvalue weighted by atomic mass is 35.5. The number of hydrogen-bond donors (Lipinski definition) is 2. The van der Waals surface area contributed by atoms with E-state index in [9.17, 15) is 14.9 Å². The molecule has 1 heterocycles. The number of hydrogen-bond acceptors (Lipinski definition) is 7. The molecule has 3 aromatic rings. The summed E-state index contributed by atoms with van der Waals surface area (Å²) in [5, 5.41) is 12.1. The SMILES string of the molecule is O=C(NNc1ncnc(Sc2ccccc2)c1[N+](=O)[O-])c1cccc(Cl)c1. The molecule has 1 amide bonds. The van der Waals surface area contributed by atoms with Crippen molar-refractivity contribution in [2.24, 2.45) is 0 Å². The Morgan fingerprint density at radius 1 is 1.11 bits per heavy atom. The number of nitrogens with zero attached hydrogens (tertiary/aromatic N) is 3. The number of aromatic nitrogens is 2. The predicted octanol–water partition coefficient (Wildman–Crippen LogP) is 3.95. The van der Waals surface area contributed by atoms with E-state index in [1.807, 2.05) is 30.3 Å². The van der Waals surface area contributed by atoms with E-state index < -0.39 is 10.8 Å².